The Kier molecular flexibility index (Phi) is 4.47. The lowest BCUT2D eigenvalue weighted by Crippen LogP contribution is -2.37. The summed E-state index contributed by atoms with van der Waals surface area (Å²) in [5.41, 5.74) is 1.64. The summed E-state index contributed by atoms with van der Waals surface area (Å²) in [6.07, 6.45) is -1.07. The second kappa shape index (κ2) is 6.23. The van der Waals surface area contributed by atoms with Crippen molar-refractivity contribution in [3.8, 4) is 11.3 Å². The topological polar surface area (TPSA) is 25.8 Å². The monoisotopic (exact) mass is 378 g/mol. The Bertz CT molecular complexity index is 994. The van der Waals surface area contributed by atoms with Gasteiger partial charge in [0.1, 0.15) is 0 Å². The highest BCUT2D eigenvalue weighted by Gasteiger charge is 2.49. The van der Waals surface area contributed by atoms with Crippen molar-refractivity contribution < 1.29 is 13.2 Å². The third-order valence-corrected chi connectivity index (χ3v) is 5.10. The Morgan fingerprint density at radius 3 is 2.35 bits per heavy atom. The van der Waals surface area contributed by atoms with Gasteiger partial charge in [-0.1, -0.05) is 17.7 Å². The minimum atomic E-state index is -4.33. The lowest BCUT2D eigenvalue weighted by Gasteiger charge is -2.30. The zero-order valence-electron chi connectivity index (χ0n) is 14.9. The number of halogens is 4. The molecule has 0 N–H and O–H groups in total. The van der Waals surface area contributed by atoms with Crippen LogP contribution < -0.4 is 0 Å². The molecule has 0 aliphatic rings. The average molecular weight is 379 g/mol. The fraction of sp³-hybridized carbons (Fsp3) is 0.300. The van der Waals surface area contributed by atoms with Crippen LogP contribution >= 0.6 is 11.6 Å². The standard InChI is InChI=1S/C20H18ClF3N2/c1-11-8-15(19(3,4)20(22,23)24)12(2)7-14(11)17-9-16(21)13-5-6-25-10-18(13)26-17/h5-10H,1-4H3. The molecule has 0 unspecified atom stereocenters. The van der Waals surface area contributed by atoms with E-state index in [4.69, 9.17) is 11.6 Å². The van der Waals surface area contributed by atoms with Crippen molar-refractivity contribution in [2.45, 2.75) is 39.3 Å². The molecule has 3 aromatic rings. The van der Waals surface area contributed by atoms with Gasteiger partial charge in [0.25, 0.3) is 0 Å². The van der Waals surface area contributed by atoms with Crippen molar-refractivity contribution in [2.75, 3.05) is 0 Å². The second-order valence-electron chi connectivity index (χ2n) is 6.99. The van der Waals surface area contributed by atoms with E-state index in [0.29, 0.717) is 21.8 Å². The number of nitrogens with zero attached hydrogens (tertiary/aromatic N) is 2. The van der Waals surface area contributed by atoms with Crippen LogP contribution in [0.5, 0.6) is 0 Å². The molecule has 2 nitrogen and oxygen atoms in total. The molecule has 0 atom stereocenters. The summed E-state index contributed by atoms with van der Waals surface area (Å²) in [5, 5.41) is 1.32. The van der Waals surface area contributed by atoms with Crippen molar-refractivity contribution in [1.82, 2.24) is 9.97 Å². The Morgan fingerprint density at radius 2 is 1.69 bits per heavy atom. The summed E-state index contributed by atoms with van der Waals surface area (Å²) in [6.45, 7) is 5.88. The maximum Gasteiger partial charge on any atom is 0.397 e. The molecule has 26 heavy (non-hydrogen) atoms. The van der Waals surface area contributed by atoms with E-state index in [2.05, 4.69) is 9.97 Å². The van der Waals surface area contributed by atoms with Gasteiger partial charge < -0.3 is 0 Å². The summed E-state index contributed by atoms with van der Waals surface area (Å²) in [5.74, 6) is 0. The first-order valence-corrected chi connectivity index (χ1v) is 8.49. The van der Waals surface area contributed by atoms with Crippen molar-refractivity contribution >= 4 is 22.5 Å². The van der Waals surface area contributed by atoms with Crippen LogP contribution in [0.1, 0.15) is 30.5 Å². The Balaban J connectivity index is 2.18. The van der Waals surface area contributed by atoms with E-state index in [0.717, 1.165) is 16.5 Å². The first kappa shape index (κ1) is 18.6. The molecule has 0 fully saturated rings. The minimum absolute atomic E-state index is 0.264. The predicted molar refractivity (Wildman–Crippen MR) is 98.5 cm³/mol. The molecule has 2 heterocycles. The van der Waals surface area contributed by atoms with Crippen molar-refractivity contribution in [3.63, 3.8) is 0 Å². The smallest absolute Gasteiger partial charge is 0.262 e. The summed E-state index contributed by atoms with van der Waals surface area (Å²) in [4.78, 5) is 8.64. The molecule has 2 aromatic heterocycles. The van der Waals surface area contributed by atoms with Crippen LogP contribution in [-0.4, -0.2) is 16.1 Å². The quantitative estimate of drug-likeness (QED) is 0.515. The number of hydrogen-bond donors (Lipinski definition) is 0. The van der Waals surface area contributed by atoms with Gasteiger partial charge in [0.05, 0.1) is 27.8 Å². The molecule has 3 rings (SSSR count). The average Bonchev–Trinajstić information content (AvgIpc) is 2.55. The first-order valence-electron chi connectivity index (χ1n) is 8.11. The van der Waals surface area contributed by atoms with Gasteiger partial charge in [-0.3, -0.25) is 4.98 Å². The molecule has 136 valence electrons. The molecular weight excluding hydrogens is 361 g/mol. The Morgan fingerprint density at radius 1 is 1.00 bits per heavy atom. The van der Waals surface area contributed by atoms with Crippen LogP contribution in [0.25, 0.3) is 22.2 Å². The number of benzene rings is 1. The number of aromatic nitrogens is 2. The van der Waals surface area contributed by atoms with Gasteiger partial charge in [0.15, 0.2) is 0 Å². The van der Waals surface area contributed by atoms with Crippen molar-refractivity contribution in [2.24, 2.45) is 0 Å². The van der Waals surface area contributed by atoms with Gasteiger partial charge >= 0.3 is 6.18 Å². The molecule has 1 aromatic carbocycles. The first-order chi connectivity index (χ1) is 12.0. The normalized spacial score (nSPS) is 12.6. The molecule has 0 saturated heterocycles. The number of hydrogen-bond acceptors (Lipinski definition) is 2. The van der Waals surface area contributed by atoms with E-state index in [-0.39, 0.29) is 5.56 Å². The SMILES string of the molecule is Cc1cc(C(C)(C)C(F)(F)F)c(C)cc1-c1cc(Cl)c2ccncc2n1. The van der Waals surface area contributed by atoms with Crippen LogP contribution in [0.15, 0.2) is 36.7 Å². The van der Waals surface area contributed by atoms with Crippen molar-refractivity contribution in [3.05, 3.63) is 58.4 Å². The highest BCUT2D eigenvalue weighted by Crippen LogP contribution is 2.43. The summed E-state index contributed by atoms with van der Waals surface area (Å²) in [6, 6.07) is 6.86. The Labute approximate surface area is 155 Å². The van der Waals surface area contributed by atoms with Crippen LogP contribution in [0.4, 0.5) is 13.2 Å². The van der Waals surface area contributed by atoms with E-state index in [1.807, 2.05) is 0 Å². The fourth-order valence-corrected chi connectivity index (χ4v) is 3.36. The molecule has 0 radical (unpaired) electrons. The third kappa shape index (κ3) is 3.05. The molecular formula is C20H18ClF3N2. The molecule has 6 heteroatoms. The number of alkyl halides is 3. The lowest BCUT2D eigenvalue weighted by atomic mass is 9.79. The number of fused-ring (bicyclic) bond motifs is 1. The lowest BCUT2D eigenvalue weighted by molar-refractivity contribution is -0.180. The van der Waals surface area contributed by atoms with E-state index < -0.39 is 11.6 Å². The van der Waals surface area contributed by atoms with Gasteiger partial charge in [-0.15, -0.1) is 0 Å². The maximum atomic E-state index is 13.4. The summed E-state index contributed by atoms with van der Waals surface area (Å²) >= 11 is 6.35. The van der Waals surface area contributed by atoms with E-state index in [1.54, 1.807) is 50.5 Å². The van der Waals surface area contributed by atoms with Gasteiger partial charge in [-0.05, 0) is 62.6 Å². The van der Waals surface area contributed by atoms with E-state index >= 15 is 0 Å². The minimum Gasteiger partial charge on any atom is -0.262 e. The second-order valence-corrected chi connectivity index (χ2v) is 7.39. The number of aryl methyl sites for hydroxylation is 2. The number of pyridine rings is 2. The van der Waals surface area contributed by atoms with Crippen LogP contribution in [0.3, 0.4) is 0 Å². The van der Waals surface area contributed by atoms with Crippen LogP contribution in [0.2, 0.25) is 5.02 Å². The predicted octanol–water partition coefficient (Wildman–Crippen LogP) is 6.41. The maximum absolute atomic E-state index is 13.4. The van der Waals surface area contributed by atoms with Crippen LogP contribution in [0, 0.1) is 13.8 Å². The van der Waals surface area contributed by atoms with Crippen LogP contribution in [-0.2, 0) is 5.41 Å². The van der Waals surface area contributed by atoms with Gasteiger partial charge in [0.2, 0.25) is 0 Å². The number of rotatable bonds is 2. The molecule has 0 amide bonds. The zero-order chi connectivity index (χ0) is 19.3. The fourth-order valence-electron chi connectivity index (χ4n) is 3.09. The largest absolute Gasteiger partial charge is 0.397 e. The van der Waals surface area contributed by atoms with Gasteiger partial charge in [-0.2, -0.15) is 13.2 Å². The molecule has 0 aliphatic heterocycles. The molecule has 0 bridgehead atoms. The zero-order valence-corrected chi connectivity index (χ0v) is 15.6. The van der Waals surface area contributed by atoms with Crippen molar-refractivity contribution in [1.29, 1.82) is 0 Å². The Hall–Kier alpha value is -2.14. The van der Waals surface area contributed by atoms with Gasteiger partial charge in [-0.25, -0.2) is 4.98 Å². The molecule has 0 saturated carbocycles. The highest BCUT2D eigenvalue weighted by atomic mass is 35.5. The molecule has 0 spiro atoms. The van der Waals surface area contributed by atoms with Gasteiger partial charge in [0, 0.05) is 17.1 Å². The third-order valence-electron chi connectivity index (χ3n) is 4.79. The molecule has 0 aliphatic carbocycles. The highest BCUT2D eigenvalue weighted by molar-refractivity contribution is 6.35. The summed E-state index contributed by atoms with van der Waals surface area (Å²) < 4.78 is 40.3. The van der Waals surface area contributed by atoms with E-state index in [1.165, 1.54) is 13.8 Å². The van der Waals surface area contributed by atoms with E-state index in [9.17, 15) is 13.2 Å². The summed E-state index contributed by atoms with van der Waals surface area (Å²) in [7, 11) is 0.